The molecule has 2 aromatic heterocycles. The van der Waals surface area contributed by atoms with Crippen LogP contribution in [0, 0.1) is 6.92 Å². The Hall–Kier alpha value is -1.35. The highest BCUT2D eigenvalue weighted by molar-refractivity contribution is 7.10. The number of thiophene rings is 1. The van der Waals surface area contributed by atoms with Crippen molar-refractivity contribution in [2.75, 3.05) is 0 Å². The van der Waals surface area contributed by atoms with Gasteiger partial charge >= 0.3 is 0 Å². The summed E-state index contributed by atoms with van der Waals surface area (Å²) < 4.78 is 5.18. The molecular weight excluding hydrogens is 208 g/mol. The number of Topliss-reactive ketones (excluding diaryl/α,β-unsaturated/α-hetero) is 1. The second-order valence-corrected chi connectivity index (χ2v) is 4.51. The molecule has 0 amide bonds. The van der Waals surface area contributed by atoms with Crippen LogP contribution in [0.3, 0.4) is 0 Å². The lowest BCUT2D eigenvalue weighted by Crippen LogP contribution is -2.00. The fourth-order valence-corrected chi connectivity index (χ4v) is 2.22. The highest BCUT2D eigenvalue weighted by Gasteiger charge is 2.10. The van der Waals surface area contributed by atoms with E-state index >= 15 is 0 Å². The van der Waals surface area contributed by atoms with Crippen molar-refractivity contribution in [1.29, 1.82) is 0 Å². The third-order valence-electron chi connectivity index (χ3n) is 2.34. The molecule has 15 heavy (non-hydrogen) atoms. The van der Waals surface area contributed by atoms with Gasteiger partial charge in [0.25, 0.3) is 0 Å². The second kappa shape index (κ2) is 4.45. The summed E-state index contributed by atoms with van der Waals surface area (Å²) in [6.45, 7) is 1.98. The summed E-state index contributed by atoms with van der Waals surface area (Å²) in [5, 5.41) is 1.95. The fourth-order valence-electron chi connectivity index (χ4n) is 1.50. The lowest BCUT2D eigenvalue weighted by Gasteiger charge is -1.98. The van der Waals surface area contributed by atoms with Crippen molar-refractivity contribution in [2.45, 2.75) is 19.8 Å². The number of ketones is 1. The molecule has 0 aromatic carbocycles. The van der Waals surface area contributed by atoms with Crippen molar-refractivity contribution in [3.05, 3.63) is 46.0 Å². The molecule has 2 aromatic rings. The van der Waals surface area contributed by atoms with Gasteiger partial charge in [-0.05, 0) is 30.5 Å². The molecule has 2 rings (SSSR count). The van der Waals surface area contributed by atoms with Gasteiger partial charge in [-0.15, -0.1) is 11.3 Å². The zero-order valence-electron chi connectivity index (χ0n) is 8.53. The molecule has 0 saturated carbocycles. The van der Waals surface area contributed by atoms with Crippen molar-refractivity contribution in [3.8, 4) is 0 Å². The van der Waals surface area contributed by atoms with E-state index in [4.69, 9.17) is 4.42 Å². The van der Waals surface area contributed by atoms with E-state index < -0.39 is 0 Å². The average molecular weight is 220 g/mol. The molecule has 0 unspecified atom stereocenters. The molecule has 0 saturated heterocycles. The van der Waals surface area contributed by atoms with Crippen LogP contribution in [0.5, 0.6) is 0 Å². The molecule has 0 bridgehead atoms. The number of carbonyl (C=O) groups excluding carboxylic acids is 1. The molecule has 0 N–H and O–H groups in total. The summed E-state index contributed by atoms with van der Waals surface area (Å²) in [6, 6.07) is 5.63. The molecule has 0 atom stereocenters. The normalized spacial score (nSPS) is 10.5. The molecule has 0 radical (unpaired) electrons. The van der Waals surface area contributed by atoms with Crippen molar-refractivity contribution in [3.63, 3.8) is 0 Å². The zero-order chi connectivity index (χ0) is 10.7. The van der Waals surface area contributed by atoms with Crippen LogP contribution in [-0.4, -0.2) is 5.78 Å². The lowest BCUT2D eigenvalue weighted by molar-refractivity contribution is 0.0981. The summed E-state index contributed by atoms with van der Waals surface area (Å²) in [5.74, 6) is 1.07. The Morgan fingerprint density at radius 1 is 1.47 bits per heavy atom. The van der Waals surface area contributed by atoms with Crippen LogP contribution in [-0.2, 0) is 6.42 Å². The molecular formula is C12H12O2S. The lowest BCUT2D eigenvalue weighted by atomic mass is 10.1. The van der Waals surface area contributed by atoms with Crippen LogP contribution in [0.15, 0.2) is 34.3 Å². The van der Waals surface area contributed by atoms with Crippen LogP contribution < -0.4 is 0 Å². The fraction of sp³-hybridized carbons (Fsp3) is 0.250. The first-order chi connectivity index (χ1) is 7.27. The number of aryl methyl sites for hydroxylation is 2. The maximum Gasteiger partial charge on any atom is 0.164 e. The number of furan rings is 1. The Morgan fingerprint density at radius 3 is 2.93 bits per heavy atom. The van der Waals surface area contributed by atoms with E-state index in [1.54, 1.807) is 17.6 Å². The SMILES string of the molecule is Cc1sccc1C(=O)CCc1ccco1. The van der Waals surface area contributed by atoms with Crippen LogP contribution in [0.4, 0.5) is 0 Å². The Bertz CT molecular complexity index is 440. The van der Waals surface area contributed by atoms with Gasteiger partial charge in [-0.25, -0.2) is 0 Å². The first-order valence-electron chi connectivity index (χ1n) is 4.87. The maximum atomic E-state index is 11.8. The first kappa shape index (κ1) is 10.2. The van der Waals surface area contributed by atoms with E-state index in [2.05, 4.69) is 0 Å². The van der Waals surface area contributed by atoms with Gasteiger partial charge in [0.15, 0.2) is 5.78 Å². The van der Waals surface area contributed by atoms with Gasteiger partial charge in [0.05, 0.1) is 6.26 Å². The predicted octanol–water partition coefficient (Wildman–Crippen LogP) is 3.47. The summed E-state index contributed by atoms with van der Waals surface area (Å²) in [7, 11) is 0. The summed E-state index contributed by atoms with van der Waals surface area (Å²) in [4.78, 5) is 12.9. The largest absolute Gasteiger partial charge is 0.469 e. The van der Waals surface area contributed by atoms with E-state index in [1.165, 1.54) is 0 Å². The predicted molar refractivity (Wildman–Crippen MR) is 60.4 cm³/mol. The van der Waals surface area contributed by atoms with Gasteiger partial charge in [0.1, 0.15) is 5.76 Å². The van der Waals surface area contributed by atoms with Crippen LogP contribution in [0.25, 0.3) is 0 Å². The number of hydrogen-bond donors (Lipinski definition) is 0. The molecule has 0 fully saturated rings. The van der Waals surface area contributed by atoms with Gasteiger partial charge in [-0.3, -0.25) is 4.79 Å². The van der Waals surface area contributed by atoms with Gasteiger partial charge in [-0.2, -0.15) is 0 Å². The van der Waals surface area contributed by atoms with Crippen molar-refractivity contribution in [1.82, 2.24) is 0 Å². The minimum Gasteiger partial charge on any atom is -0.469 e. The smallest absolute Gasteiger partial charge is 0.164 e. The van der Waals surface area contributed by atoms with Gasteiger partial charge < -0.3 is 4.42 Å². The first-order valence-corrected chi connectivity index (χ1v) is 5.75. The van der Waals surface area contributed by atoms with E-state index in [1.807, 2.05) is 30.5 Å². The highest BCUT2D eigenvalue weighted by atomic mass is 32.1. The van der Waals surface area contributed by atoms with Crippen molar-refractivity contribution < 1.29 is 9.21 Å². The quantitative estimate of drug-likeness (QED) is 0.738. The van der Waals surface area contributed by atoms with E-state index in [0.29, 0.717) is 12.8 Å². The number of carbonyl (C=O) groups is 1. The van der Waals surface area contributed by atoms with E-state index in [-0.39, 0.29) is 5.78 Å². The summed E-state index contributed by atoms with van der Waals surface area (Å²) in [6.07, 6.45) is 2.84. The zero-order valence-corrected chi connectivity index (χ0v) is 9.34. The molecule has 0 aliphatic carbocycles. The van der Waals surface area contributed by atoms with Crippen LogP contribution in [0.2, 0.25) is 0 Å². The minimum atomic E-state index is 0.199. The molecule has 3 heteroatoms. The second-order valence-electron chi connectivity index (χ2n) is 3.39. The maximum absolute atomic E-state index is 11.8. The average Bonchev–Trinajstić information content (AvgIpc) is 2.84. The third-order valence-corrected chi connectivity index (χ3v) is 3.18. The standard InChI is InChI=1S/C12H12O2S/c1-9-11(6-8-15-9)12(13)5-4-10-3-2-7-14-10/h2-3,6-8H,4-5H2,1H3. The Labute approximate surface area is 92.5 Å². The Kier molecular flexibility index (Phi) is 3.02. The molecule has 0 aliphatic rings. The molecule has 2 heterocycles. The van der Waals surface area contributed by atoms with E-state index in [9.17, 15) is 4.79 Å². The highest BCUT2D eigenvalue weighted by Crippen LogP contribution is 2.17. The van der Waals surface area contributed by atoms with Crippen LogP contribution >= 0.6 is 11.3 Å². The monoisotopic (exact) mass is 220 g/mol. The molecule has 0 spiro atoms. The minimum absolute atomic E-state index is 0.199. The van der Waals surface area contributed by atoms with E-state index in [0.717, 1.165) is 16.2 Å². The van der Waals surface area contributed by atoms with Gasteiger partial charge in [0, 0.05) is 23.3 Å². The Balaban J connectivity index is 1.96. The Morgan fingerprint density at radius 2 is 2.33 bits per heavy atom. The van der Waals surface area contributed by atoms with Crippen LogP contribution in [0.1, 0.15) is 27.4 Å². The van der Waals surface area contributed by atoms with Gasteiger partial charge in [-0.1, -0.05) is 0 Å². The van der Waals surface area contributed by atoms with Crippen molar-refractivity contribution in [2.24, 2.45) is 0 Å². The molecule has 78 valence electrons. The summed E-state index contributed by atoms with van der Waals surface area (Å²) >= 11 is 1.61. The number of rotatable bonds is 4. The number of hydrogen-bond acceptors (Lipinski definition) is 3. The molecule has 0 aliphatic heterocycles. The van der Waals surface area contributed by atoms with Crippen molar-refractivity contribution >= 4 is 17.1 Å². The molecule has 2 nitrogen and oxygen atoms in total. The topological polar surface area (TPSA) is 30.2 Å². The van der Waals surface area contributed by atoms with Gasteiger partial charge in [0.2, 0.25) is 0 Å². The third kappa shape index (κ3) is 2.36. The summed E-state index contributed by atoms with van der Waals surface area (Å²) in [5.41, 5.74) is 0.853.